The molecule has 7 heteroatoms. The first-order valence-corrected chi connectivity index (χ1v) is 10.0. The van der Waals surface area contributed by atoms with Gasteiger partial charge in [-0.2, -0.15) is 10.4 Å². The van der Waals surface area contributed by atoms with Crippen molar-refractivity contribution in [1.29, 1.82) is 5.26 Å². The molecule has 0 saturated carbocycles. The summed E-state index contributed by atoms with van der Waals surface area (Å²) in [4.78, 5) is 0. The average Bonchev–Trinajstić information content (AvgIpc) is 3.06. The van der Waals surface area contributed by atoms with Gasteiger partial charge in [-0.1, -0.05) is 60.8 Å². The number of nitrogens with zero attached hydrogens (tertiary/aromatic N) is 3. The van der Waals surface area contributed by atoms with Gasteiger partial charge in [0.05, 0.1) is 22.9 Å². The number of nitrogens with two attached hydrogens (primary N) is 1. The van der Waals surface area contributed by atoms with Crippen molar-refractivity contribution in [3.05, 3.63) is 86.9 Å². The van der Waals surface area contributed by atoms with Gasteiger partial charge >= 0.3 is 0 Å². The highest BCUT2D eigenvalue weighted by Crippen LogP contribution is 2.47. The van der Waals surface area contributed by atoms with E-state index in [9.17, 15) is 5.26 Å². The summed E-state index contributed by atoms with van der Waals surface area (Å²) in [6, 6.07) is 17.1. The summed E-state index contributed by atoms with van der Waals surface area (Å²) in [5.74, 6) is 0.0795. The van der Waals surface area contributed by atoms with Crippen molar-refractivity contribution in [3.8, 4) is 17.6 Å². The van der Waals surface area contributed by atoms with E-state index < -0.39 is 5.92 Å². The van der Waals surface area contributed by atoms with E-state index in [0.29, 0.717) is 21.5 Å². The molecule has 0 spiro atoms. The van der Waals surface area contributed by atoms with Crippen LogP contribution < -0.4 is 10.5 Å². The third-order valence-electron chi connectivity index (χ3n) is 4.89. The van der Waals surface area contributed by atoms with E-state index in [0.717, 1.165) is 35.3 Å². The summed E-state index contributed by atoms with van der Waals surface area (Å²) >= 11 is 12.6. The monoisotopic (exact) mass is 424 g/mol. The van der Waals surface area contributed by atoms with Gasteiger partial charge in [0.2, 0.25) is 11.8 Å². The topological polar surface area (TPSA) is 76.9 Å². The van der Waals surface area contributed by atoms with E-state index in [1.165, 1.54) is 0 Å². The fourth-order valence-corrected chi connectivity index (χ4v) is 4.14. The number of hydrogen-bond acceptors (Lipinski definition) is 4. The molecule has 0 amide bonds. The van der Waals surface area contributed by atoms with Crippen molar-refractivity contribution < 1.29 is 4.74 Å². The fourth-order valence-electron chi connectivity index (χ4n) is 3.62. The molecule has 29 heavy (non-hydrogen) atoms. The Morgan fingerprint density at radius 1 is 1.21 bits per heavy atom. The summed E-state index contributed by atoms with van der Waals surface area (Å²) in [7, 11) is 0. The van der Waals surface area contributed by atoms with E-state index in [2.05, 4.69) is 13.0 Å². The molecule has 5 nitrogen and oxygen atoms in total. The first kappa shape index (κ1) is 19.4. The highest BCUT2D eigenvalue weighted by atomic mass is 35.5. The summed E-state index contributed by atoms with van der Waals surface area (Å²) in [5.41, 5.74) is 9.73. The quantitative estimate of drug-likeness (QED) is 0.611. The lowest BCUT2D eigenvalue weighted by atomic mass is 9.83. The summed E-state index contributed by atoms with van der Waals surface area (Å²) < 4.78 is 7.66. The molecule has 1 atom stereocenters. The second-order valence-corrected chi connectivity index (χ2v) is 7.60. The Balaban J connectivity index is 2.01. The lowest BCUT2D eigenvalue weighted by molar-refractivity contribution is 0.367. The summed E-state index contributed by atoms with van der Waals surface area (Å²) in [6.45, 7) is 2.08. The van der Waals surface area contributed by atoms with Gasteiger partial charge in [0.25, 0.3) is 0 Å². The highest BCUT2D eigenvalue weighted by molar-refractivity contribution is 6.35. The highest BCUT2D eigenvalue weighted by Gasteiger charge is 2.37. The molecule has 0 bridgehead atoms. The Labute approximate surface area is 178 Å². The molecule has 0 unspecified atom stereocenters. The van der Waals surface area contributed by atoms with Gasteiger partial charge in [-0.05, 0) is 36.2 Å². The van der Waals surface area contributed by atoms with E-state index in [1.54, 1.807) is 16.8 Å². The molecule has 1 aliphatic heterocycles. The van der Waals surface area contributed by atoms with Crippen LogP contribution in [0.25, 0.3) is 5.69 Å². The molecule has 0 radical (unpaired) electrons. The van der Waals surface area contributed by atoms with Gasteiger partial charge in [-0.25, -0.2) is 4.68 Å². The van der Waals surface area contributed by atoms with Gasteiger partial charge in [0, 0.05) is 10.0 Å². The summed E-state index contributed by atoms with van der Waals surface area (Å²) in [5, 5.41) is 15.6. The number of fused-ring (bicyclic) bond motifs is 1. The van der Waals surface area contributed by atoms with Crippen molar-refractivity contribution >= 4 is 23.2 Å². The Morgan fingerprint density at radius 3 is 2.62 bits per heavy atom. The number of benzene rings is 2. The lowest BCUT2D eigenvalue weighted by Crippen LogP contribution is -2.22. The standard InChI is InChI=1S/C22H18Cl2N4O/c1-2-6-18-20-19(15-10-9-13(23)11-17(15)24)16(12-25)21(26)29-22(20)28(27-18)14-7-4-3-5-8-14/h3-5,7-11,19H,2,6,26H2,1H3/t19-/m0/s1. The second kappa shape index (κ2) is 7.82. The molecule has 2 heterocycles. The molecule has 2 N–H and O–H groups in total. The predicted molar refractivity (Wildman–Crippen MR) is 113 cm³/mol. The smallest absolute Gasteiger partial charge is 0.229 e. The van der Waals surface area contributed by atoms with Crippen LogP contribution in [0.5, 0.6) is 5.88 Å². The number of para-hydroxylation sites is 1. The largest absolute Gasteiger partial charge is 0.422 e. The number of aromatic nitrogens is 2. The minimum Gasteiger partial charge on any atom is -0.422 e. The maximum Gasteiger partial charge on any atom is 0.229 e. The zero-order chi connectivity index (χ0) is 20.5. The van der Waals surface area contributed by atoms with Crippen LogP contribution in [0.3, 0.4) is 0 Å². The predicted octanol–water partition coefficient (Wildman–Crippen LogP) is 5.35. The molecule has 146 valence electrons. The molecule has 0 fully saturated rings. The number of rotatable bonds is 4. The zero-order valence-corrected chi connectivity index (χ0v) is 17.2. The van der Waals surface area contributed by atoms with E-state index in [-0.39, 0.29) is 5.88 Å². The van der Waals surface area contributed by atoms with Crippen molar-refractivity contribution in [2.24, 2.45) is 5.73 Å². The Kier molecular flexibility index (Phi) is 5.23. The Bertz CT molecular complexity index is 1150. The second-order valence-electron chi connectivity index (χ2n) is 6.75. The van der Waals surface area contributed by atoms with Crippen molar-refractivity contribution in [1.82, 2.24) is 9.78 Å². The van der Waals surface area contributed by atoms with E-state index in [1.807, 2.05) is 36.4 Å². The minimum absolute atomic E-state index is 0.0520. The molecular weight excluding hydrogens is 407 g/mol. The maximum atomic E-state index is 9.84. The number of ether oxygens (including phenoxy) is 1. The van der Waals surface area contributed by atoms with Gasteiger partial charge < -0.3 is 10.5 Å². The number of aryl methyl sites for hydroxylation is 1. The SMILES string of the molecule is CCCc1nn(-c2ccccc2)c2c1[C@@H](c1ccc(Cl)cc1Cl)C(C#N)=C(N)O2. The number of hydrogen-bond donors (Lipinski definition) is 1. The molecule has 1 aliphatic rings. The molecular formula is C22H18Cl2N4O. The molecule has 1 aromatic heterocycles. The zero-order valence-electron chi connectivity index (χ0n) is 15.7. The average molecular weight is 425 g/mol. The van der Waals surface area contributed by atoms with Gasteiger partial charge in [-0.3, -0.25) is 0 Å². The van der Waals surface area contributed by atoms with E-state index in [4.69, 9.17) is 38.8 Å². The van der Waals surface area contributed by atoms with Crippen LogP contribution in [-0.2, 0) is 6.42 Å². The molecule has 0 aliphatic carbocycles. The molecule has 0 saturated heterocycles. The van der Waals surface area contributed by atoms with Crippen LogP contribution in [0.15, 0.2) is 60.0 Å². The summed E-state index contributed by atoms with van der Waals surface area (Å²) in [6.07, 6.45) is 1.62. The van der Waals surface area contributed by atoms with Crippen molar-refractivity contribution in [2.45, 2.75) is 25.7 Å². The first-order valence-electron chi connectivity index (χ1n) is 9.24. The van der Waals surface area contributed by atoms with Gasteiger partial charge in [-0.15, -0.1) is 0 Å². The number of halogens is 2. The lowest BCUT2D eigenvalue weighted by Gasteiger charge is -2.26. The van der Waals surface area contributed by atoms with Crippen LogP contribution >= 0.6 is 23.2 Å². The van der Waals surface area contributed by atoms with Crippen LogP contribution in [0.4, 0.5) is 0 Å². The molecule has 2 aromatic carbocycles. The maximum absolute atomic E-state index is 9.84. The fraction of sp³-hybridized carbons (Fsp3) is 0.182. The van der Waals surface area contributed by atoms with Crippen LogP contribution in [-0.4, -0.2) is 9.78 Å². The Hall–Kier alpha value is -2.94. The normalized spacial score (nSPS) is 15.6. The third kappa shape index (κ3) is 3.35. The minimum atomic E-state index is -0.479. The van der Waals surface area contributed by atoms with Crippen molar-refractivity contribution in [2.75, 3.05) is 0 Å². The van der Waals surface area contributed by atoms with Crippen LogP contribution in [0.2, 0.25) is 10.0 Å². The van der Waals surface area contributed by atoms with Crippen molar-refractivity contribution in [3.63, 3.8) is 0 Å². The number of allylic oxidation sites excluding steroid dienone is 1. The van der Waals surface area contributed by atoms with Crippen LogP contribution in [0.1, 0.15) is 36.1 Å². The third-order valence-corrected chi connectivity index (χ3v) is 5.45. The first-order chi connectivity index (χ1) is 14.0. The van der Waals surface area contributed by atoms with Crippen LogP contribution in [0, 0.1) is 11.3 Å². The Morgan fingerprint density at radius 2 is 1.97 bits per heavy atom. The molecule has 3 aromatic rings. The molecule has 4 rings (SSSR count). The number of nitriles is 1. The van der Waals surface area contributed by atoms with Gasteiger partial charge in [0.15, 0.2) is 0 Å². The van der Waals surface area contributed by atoms with E-state index >= 15 is 0 Å². The van der Waals surface area contributed by atoms with Gasteiger partial charge in [0.1, 0.15) is 11.6 Å².